The summed E-state index contributed by atoms with van der Waals surface area (Å²) >= 11 is 0. The van der Waals surface area contributed by atoms with E-state index in [-0.39, 0.29) is 22.8 Å². The Labute approximate surface area is 299 Å². The summed E-state index contributed by atoms with van der Waals surface area (Å²) in [5, 5.41) is 0. The fraction of sp³-hybridized carbons (Fsp3) is 0.191. The maximum Gasteiger partial charge on any atom is 0.311 e. The van der Waals surface area contributed by atoms with Gasteiger partial charge in [0.1, 0.15) is 11.5 Å². The van der Waals surface area contributed by atoms with Crippen molar-refractivity contribution in [1.29, 1.82) is 0 Å². The van der Waals surface area contributed by atoms with Crippen molar-refractivity contribution in [2.45, 2.75) is 55.8 Å². The second-order valence-corrected chi connectivity index (χ2v) is 13.8. The topological polar surface area (TPSA) is 52.6 Å². The molecule has 0 aliphatic heterocycles. The molecule has 0 fully saturated rings. The zero-order valence-electron chi connectivity index (χ0n) is 28.6. The molecule has 0 bridgehead atoms. The van der Waals surface area contributed by atoms with Crippen LogP contribution in [0.4, 0.5) is 0 Å². The van der Waals surface area contributed by atoms with Gasteiger partial charge in [0.05, 0.1) is 0 Å². The monoisotopic (exact) mass is 668 g/mol. The van der Waals surface area contributed by atoms with Crippen LogP contribution >= 0.6 is 0 Å². The van der Waals surface area contributed by atoms with Gasteiger partial charge in [0.2, 0.25) is 0 Å². The maximum absolute atomic E-state index is 13.4. The summed E-state index contributed by atoms with van der Waals surface area (Å²) in [6.07, 6.45) is 4.43. The Morgan fingerprint density at radius 3 is 1.00 bits per heavy atom. The molecule has 2 aliphatic rings. The van der Waals surface area contributed by atoms with Crippen LogP contribution in [0.3, 0.4) is 0 Å². The second-order valence-electron chi connectivity index (χ2n) is 13.8. The van der Waals surface area contributed by atoms with Crippen LogP contribution in [-0.4, -0.2) is 11.9 Å². The van der Waals surface area contributed by atoms with Crippen LogP contribution in [-0.2, 0) is 20.4 Å². The fourth-order valence-corrected chi connectivity index (χ4v) is 8.82. The third-order valence-electron chi connectivity index (χ3n) is 11.0. The lowest BCUT2D eigenvalue weighted by molar-refractivity contribution is -0.135. The third kappa shape index (κ3) is 6.05. The zero-order valence-corrected chi connectivity index (χ0v) is 28.6. The van der Waals surface area contributed by atoms with Crippen LogP contribution in [0.1, 0.15) is 67.2 Å². The molecule has 0 heterocycles. The average molecular weight is 669 g/mol. The molecule has 0 amide bonds. The molecule has 0 unspecified atom stereocenters. The number of hydrogen-bond acceptors (Lipinski definition) is 4. The van der Waals surface area contributed by atoms with E-state index < -0.39 is 0 Å². The van der Waals surface area contributed by atoms with E-state index in [4.69, 9.17) is 9.47 Å². The van der Waals surface area contributed by atoms with Crippen molar-refractivity contribution < 1.29 is 19.1 Å². The maximum atomic E-state index is 13.4. The van der Waals surface area contributed by atoms with Crippen molar-refractivity contribution in [2.24, 2.45) is 0 Å². The van der Waals surface area contributed by atoms with E-state index in [2.05, 4.69) is 97.1 Å². The Morgan fingerprint density at radius 1 is 0.373 bits per heavy atom. The molecule has 252 valence electrons. The molecule has 4 heteroatoms. The summed E-state index contributed by atoms with van der Waals surface area (Å²) in [6, 6.07) is 53.3. The van der Waals surface area contributed by atoms with Gasteiger partial charge in [-0.15, -0.1) is 0 Å². The molecule has 2 aliphatic carbocycles. The van der Waals surface area contributed by atoms with Crippen molar-refractivity contribution in [1.82, 2.24) is 0 Å². The van der Waals surface area contributed by atoms with Crippen molar-refractivity contribution in [2.75, 3.05) is 0 Å². The summed E-state index contributed by atoms with van der Waals surface area (Å²) in [5.74, 6) is 0.675. The largest absolute Gasteiger partial charge is 0.427 e. The molecule has 6 aromatic rings. The number of para-hydroxylation sites is 2. The lowest BCUT2D eigenvalue weighted by Crippen LogP contribution is -2.30. The summed E-state index contributed by atoms with van der Waals surface area (Å²) in [4.78, 5) is 26.7. The number of carbonyl (C=O) groups excluding carboxylic acids is 2. The first-order chi connectivity index (χ1) is 25.1. The highest BCUT2D eigenvalue weighted by atomic mass is 16.5. The smallest absolute Gasteiger partial charge is 0.311 e. The van der Waals surface area contributed by atoms with Gasteiger partial charge in [0.15, 0.2) is 0 Å². The van der Waals surface area contributed by atoms with Crippen molar-refractivity contribution in [3.63, 3.8) is 0 Å². The minimum absolute atomic E-state index is 0.227. The predicted octanol–water partition coefficient (Wildman–Crippen LogP) is 10.9. The minimum atomic E-state index is -0.367. The molecule has 0 saturated carbocycles. The molecule has 0 N–H and O–H groups in total. The van der Waals surface area contributed by atoms with Crippen LogP contribution in [0.5, 0.6) is 11.5 Å². The van der Waals surface area contributed by atoms with E-state index >= 15 is 0 Å². The Morgan fingerprint density at radius 2 is 0.667 bits per heavy atom. The first-order valence-electron chi connectivity index (χ1n) is 18.0. The third-order valence-corrected chi connectivity index (χ3v) is 11.0. The van der Waals surface area contributed by atoms with Gasteiger partial charge in [-0.05, 0) is 94.5 Å². The average Bonchev–Trinajstić information content (AvgIpc) is 3.62. The van der Waals surface area contributed by atoms with E-state index in [1.807, 2.05) is 60.7 Å². The minimum Gasteiger partial charge on any atom is -0.427 e. The van der Waals surface area contributed by atoms with Gasteiger partial charge in [0, 0.05) is 23.7 Å². The Hall–Kier alpha value is -5.74. The number of hydrogen-bond donors (Lipinski definition) is 0. The molecule has 0 atom stereocenters. The number of rotatable bonds is 12. The van der Waals surface area contributed by atoms with Crippen molar-refractivity contribution in [3.05, 3.63) is 180 Å². The Bertz CT molecular complexity index is 1940. The van der Waals surface area contributed by atoms with Gasteiger partial charge >= 0.3 is 11.9 Å². The molecule has 0 aromatic heterocycles. The van der Waals surface area contributed by atoms with Crippen LogP contribution in [0.2, 0.25) is 0 Å². The highest BCUT2D eigenvalue weighted by molar-refractivity contribution is 5.83. The molecule has 0 spiro atoms. The SMILES string of the molecule is O=C(CCC1(CCCC2(CCC(=O)Oc3ccccc3)c3ccccc3-c3ccccc32)c2ccccc2-c2ccccc21)Oc1ccccc1. The Kier molecular flexibility index (Phi) is 8.83. The van der Waals surface area contributed by atoms with E-state index in [9.17, 15) is 9.59 Å². The molecule has 8 rings (SSSR count). The standard InChI is InChI=1S/C47H40O4/c48-44(50-34-16-3-1-4-17-34)28-32-46(40-24-11-7-20-36(40)37-21-8-12-25-41(37)46)30-15-31-47(33-29-45(49)51-35-18-5-2-6-19-35)42-26-13-9-22-38(42)39-23-10-14-27-43(39)47/h1-14,16-27H,15,28-33H2. The molecule has 4 nitrogen and oxygen atoms in total. The van der Waals surface area contributed by atoms with Crippen molar-refractivity contribution in [3.8, 4) is 33.8 Å². The predicted molar refractivity (Wildman–Crippen MR) is 202 cm³/mol. The number of fused-ring (bicyclic) bond motifs is 6. The summed E-state index contributed by atoms with van der Waals surface area (Å²) < 4.78 is 11.6. The van der Waals surface area contributed by atoms with Crippen molar-refractivity contribution >= 4 is 11.9 Å². The summed E-state index contributed by atoms with van der Waals surface area (Å²) in [5.41, 5.74) is 9.29. The van der Waals surface area contributed by atoms with E-state index in [1.165, 1.54) is 44.5 Å². The van der Waals surface area contributed by atoms with Crippen LogP contribution in [0.25, 0.3) is 22.3 Å². The van der Waals surface area contributed by atoms with Gasteiger partial charge in [-0.25, -0.2) is 0 Å². The van der Waals surface area contributed by atoms with Gasteiger partial charge in [-0.3, -0.25) is 9.59 Å². The number of esters is 2. The molecule has 0 saturated heterocycles. The number of carbonyl (C=O) groups is 2. The second kappa shape index (κ2) is 13.9. The van der Waals surface area contributed by atoms with E-state index in [1.54, 1.807) is 0 Å². The van der Waals surface area contributed by atoms with Gasteiger partial charge in [-0.2, -0.15) is 0 Å². The highest BCUT2D eigenvalue weighted by Gasteiger charge is 2.46. The molecule has 6 aromatic carbocycles. The lowest BCUT2D eigenvalue weighted by Gasteiger charge is -2.36. The molecule has 0 radical (unpaired) electrons. The van der Waals surface area contributed by atoms with Gasteiger partial charge < -0.3 is 9.47 Å². The van der Waals surface area contributed by atoms with E-state index in [0.29, 0.717) is 37.2 Å². The zero-order chi connectivity index (χ0) is 34.7. The molecular weight excluding hydrogens is 629 g/mol. The quantitative estimate of drug-likeness (QED) is 0.0962. The van der Waals surface area contributed by atoms with Crippen LogP contribution in [0.15, 0.2) is 158 Å². The highest BCUT2D eigenvalue weighted by Crippen LogP contribution is 2.57. The fourth-order valence-electron chi connectivity index (χ4n) is 8.82. The van der Waals surface area contributed by atoms with Crippen LogP contribution < -0.4 is 9.47 Å². The summed E-state index contributed by atoms with van der Waals surface area (Å²) in [7, 11) is 0. The Balaban J connectivity index is 1.12. The number of benzene rings is 6. The van der Waals surface area contributed by atoms with E-state index in [0.717, 1.165) is 19.3 Å². The normalized spacial score (nSPS) is 14.1. The summed E-state index contributed by atoms with van der Waals surface area (Å²) in [6.45, 7) is 0. The van der Waals surface area contributed by atoms with Crippen LogP contribution in [0, 0.1) is 0 Å². The number of ether oxygens (including phenoxy) is 2. The van der Waals surface area contributed by atoms with Gasteiger partial charge in [0.25, 0.3) is 0 Å². The van der Waals surface area contributed by atoms with Gasteiger partial charge in [-0.1, -0.05) is 140 Å². The first kappa shape index (κ1) is 32.5. The molecule has 51 heavy (non-hydrogen) atoms. The first-order valence-corrected chi connectivity index (χ1v) is 18.0. The lowest BCUT2D eigenvalue weighted by atomic mass is 9.67. The molecular formula is C47H40O4.